The Hall–Kier alpha value is -2.41. The van der Waals surface area contributed by atoms with Crippen LogP contribution in [-0.2, 0) is 16.1 Å². The van der Waals surface area contributed by atoms with Gasteiger partial charge in [0.2, 0.25) is 11.8 Å². The molecule has 0 radical (unpaired) electrons. The Morgan fingerprint density at radius 1 is 1.10 bits per heavy atom. The smallest absolute Gasteiger partial charge is 0.255 e. The lowest BCUT2D eigenvalue weighted by Crippen LogP contribution is -2.52. The Labute approximate surface area is 176 Å². The summed E-state index contributed by atoms with van der Waals surface area (Å²) in [5.74, 6) is 0.773. The van der Waals surface area contributed by atoms with E-state index in [1.165, 1.54) is 19.3 Å². The van der Waals surface area contributed by atoms with Crippen molar-refractivity contribution in [2.24, 2.45) is 5.92 Å². The van der Waals surface area contributed by atoms with Crippen LogP contribution in [-0.4, -0.2) is 58.8 Å². The van der Waals surface area contributed by atoms with Gasteiger partial charge >= 0.3 is 0 Å². The lowest BCUT2D eigenvalue weighted by atomic mass is 10.0. The number of imide groups is 1. The molecule has 1 saturated carbocycles. The molecule has 1 N–H and O–H groups in total. The summed E-state index contributed by atoms with van der Waals surface area (Å²) in [5.41, 5.74) is 1.52. The third kappa shape index (κ3) is 3.49. The van der Waals surface area contributed by atoms with Crippen molar-refractivity contribution in [3.63, 3.8) is 0 Å². The Bertz CT molecular complexity index is 885. The number of rotatable bonds is 4. The fourth-order valence-electron chi connectivity index (χ4n) is 5.53. The fraction of sp³-hybridized carbons (Fsp3) is 0.609. The lowest BCUT2D eigenvalue weighted by Gasteiger charge is -2.30. The standard InChI is InChI=1S/C23H29N3O4/c1-14-9-10-25(12-14)18-3-2-4-20(18)30-16-5-6-17-15(11-16)13-26(23(17)29)19-7-8-21(27)24-22(19)28/h5-6,11,14,18-20H,2-4,7-10,12-13H2,1H3,(H,24,27,28)/t14-,18-,19?,20+/m1/s1. The predicted molar refractivity (Wildman–Crippen MR) is 110 cm³/mol. The quantitative estimate of drug-likeness (QED) is 0.768. The van der Waals surface area contributed by atoms with Crippen LogP contribution < -0.4 is 10.1 Å². The van der Waals surface area contributed by atoms with E-state index in [4.69, 9.17) is 4.74 Å². The highest BCUT2D eigenvalue weighted by molar-refractivity contribution is 6.05. The van der Waals surface area contributed by atoms with Crippen LogP contribution in [0.15, 0.2) is 18.2 Å². The van der Waals surface area contributed by atoms with Crippen LogP contribution in [0.5, 0.6) is 5.75 Å². The van der Waals surface area contributed by atoms with Crippen LogP contribution in [0.1, 0.15) is 61.4 Å². The minimum Gasteiger partial charge on any atom is -0.489 e. The first kappa shape index (κ1) is 19.5. The average Bonchev–Trinajstić information content (AvgIpc) is 3.41. The van der Waals surface area contributed by atoms with E-state index in [2.05, 4.69) is 17.1 Å². The molecule has 0 bridgehead atoms. The van der Waals surface area contributed by atoms with E-state index in [-0.39, 0.29) is 30.2 Å². The SMILES string of the molecule is C[C@@H]1CCN([C@@H]2CCC[C@@H]2Oc2ccc3c(c2)CN(C2CCC(=O)NC2=O)C3=O)C1. The molecule has 5 rings (SSSR count). The van der Waals surface area contributed by atoms with Crippen molar-refractivity contribution in [1.82, 2.24) is 15.1 Å². The Balaban J connectivity index is 1.29. The largest absolute Gasteiger partial charge is 0.489 e. The Kier molecular flexibility index (Phi) is 5.01. The van der Waals surface area contributed by atoms with E-state index in [9.17, 15) is 14.4 Å². The van der Waals surface area contributed by atoms with Crippen molar-refractivity contribution in [3.05, 3.63) is 29.3 Å². The molecule has 3 fully saturated rings. The number of nitrogens with one attached hydrogen (secondary N) is 1. The second-order valence-electron chi connectivity index (χ2n) is 9.26. The predicted octanol–water partition coefficient (Wildman–Crippen LogP) is 2.09. The van der Waals surface area contributed by atoms with Crippen molar-refractivity contribution in [2.75, 3.05) is 13.1 Å². The number of hydrogen-bond acceptors (Lipinski definition) is 5. The van der Waals surface area contributed by atoms with E-state index in [0.717, 1.165) is 36.7 Å². The molecular weight excluding hydrogens is 382 g/mol. The lowest BCUT2D eigenvalue weighted by molar-refractivity contribution is -0.136. The second kappa shape index (κ2) is 7.69. The maximum absolute atomic E-state index is 12.8. The summed E-state index contributed by atoms with van der Waals surface area (Å²) in [4.78, 5) is 40.7. The summed E-state index contributed by atoms with van der Waals surface area (Å²) >= 11 is 0. The number of fused-ring (bicyclic) bond motifs is 1. The summed E-state index contributed by atoms with van der Waals surface area (Å²) in [6, 6.07) is 5.56. The maximum Gasteiger partial charge on any atom is 0.255 e. The first-order valence-electron chi connectivity index (χ1n) is 11.2. The highest BCUT2D eigenvalue weighted by Gasteiger charge is 2.40. The molecule has 7 nitrogen and oxygen atoms in total. The molecule has 1 unspecified atom stereocenters. The number of piperidine rings is 1. The second-order valence-corrected chi connectivity index (χ2v) is 9.26. The fourth-order valence-corrected chi connectivity index (χ4v) is 5.53. The number of benzene rings is 1. The van der Waals surface area contributed by atoms with Crippen molar-refractivity contribution in [3.8, 4) is 5.75 Å². The van der Waals surface area contributed by atoms with E-state index >= 15 is 0 Å². The molecule has 1 aromatic carbocycles. The van der Waals surface area contributed by atoms with Gasteiger partial charge in [-0.25, -0.2) is 0 Å². The van der Waals surface area contributed by atoms with Gasteiger partial charge in [0, 0.05) is 31.1 Å². The van der Waals surface area contributed by atoms with E-state index in [0.29, 0.717) is 24.6 Å². The molecule has 30 heavy (non-hydrogen) atoms. The molecule has 3 heterocycles. The van der Waals surface area contributed by atoms with Crippen LogP contribution in [0.4, 0.5) is 0 Å². The normalized spacial score (nSPS) is 31.9. The highest BCUT2D eigenvalue weighted by atomic mass is 16.5. The van der Waals surface area contributed by atoms with E-state index in [1.54, 1.807) is 4.90 Å². The van der Waals surface area contributed by atoms with Gasteiger partial charge in [0.05, 0.1) is 0 Å². The molecule has 4 atom stereocenters. The van der Waals surface area contributed by atoms with Crippen LogP contribution in [0.3, 0.4) is 0 Å². The average molecular weight is 412 g/mol. The van der Waals surface area contributed by atoms with Gasteiger partial charge in [-0.15, -0.1) is 0 Å². The van der Waals surface area contributed by atoms with Gasteiger partial charge in [-0.2, -0.15) is 0 Å². The van der Waals surface area contributed by atoms with Gasteiger partial charge in [0.15, 0.2) is 0 Å². The monoisotopic (exact) mass is 411 g/mol. The van der Waals surface area contributed by atoms with Crippen LogP contribution >= 0.6 is 0 Å². The molecule has 3 aliphatic heterocycles. The highest BCUT2D eigenvalue weighted by Crippen LogP contribution is 2.34. The first-order valence-corrected chi connectivity index (χ1v) is 11.2. The van der Waals surface area contributed by atoms with Gasteiger partial charge in [-0.1, -0.05) is 6.92 Å². The number of nitrogens with zero attached hydrogens (tertiary/aromatic N) is 2. The summed E-state index contributed by atoms with van der Waals surface area (Å²) < 4.78 is 6.42. The number of hydrogen-bond donors (Lipinski definition) is 1. The number of carbonyl (C=O) groups is 3. The molecule has 7 heteroatoms. The van der Waals surface area contributed by atoms with Crippen LogP contribution in [0, 0.1) is 5.92 Å². The molecule has 3 amide bonds. The van der Waals surface area contributed by atoms with Crippen LogP contribution in [0.2, 0.25) is 0 Å². The minimum absolute atomic E-state index is 0.143. The minimum atomic E-state index is -0.580. The topological polar surface area (TPSA) is 79.0 Å². The van der Waals surface area contributed by atoms with Crippen molar-refractivity contribution in [2.45, 2.75) is 70.2 Å². The summed E-state index contributed by atoms with van der Waals surface area (Å²) in [7, 11) is 0. The summed E-state index contributed by atoms with van der Waals surface area (Å²) in [6.45, 7) is 5.02. The van der Waals surface area contributed by atoms with Gasteiger partial charge in [-0.3, -0.25) is 24.6 Å². The van der Waals surface area contributed by atoms with Gasteiger partial charge in [0.25, 0.3) is 5.91 Å². The number of carbonyl (C=O) groups excluding carboxylic acids is 3. The van der Waals surface area contributed by atoms with Crippen molar-refractivity contribution < 1.29 is 19.1 Å². The number of likely N-dealkylation sites (tertiary alicyclic amines) is 1. The molecule has 0 aromatic heterocycles. The molecule has 2 saturated heterocycles. The first-order chi connectivity index (χ1) is 14.5. The summed E-state index contributed by atoms with van der Waals surface area (Å²) in [6.07, 6.45) is 5.54. The third-order valence-electron chi connectivity index (χ3n) is 7.12. The maximum atomic E-state index is 12.8. The molecule has 1 aliphatic carbocycles. The zero-order valence-electron chi connectivity index (χ0n) is 17.4. The van der Waals surface area contributed by atoms with Crippen LogP contribution in [0.25, 0.3) is 0 Å². The molecule has 160 valence electrons. The molecule has 0 spiro atoms. The molecular formula is C23H29N3O4. The molecule has 1 aromatic rings. The Morgan fingerprint density at radius 2 is 1.97 bits per heavy atom. The number of amides is 3. The van der Waals surface area contributed by atoms with Gasteiger partial charge in [-0.05, 0) is 68.3 Å². The van der Waals surface area contributed by atoms with E-state index < -0.39 is 6.04 Å². The molecule has 4 aliphatic rings. The Morgan fingerprint density at radius 3 is 2.73 bits per heavy atom. The number of ether oxygens (including phenoxy) is 1. The van der Waals surface area contributed by atoms with E-state index in [1.807, 2.05) is 18.2 Å². The van der Waals surface area contributed by atoms with Crippen molar-refractivity contribution >= 4 is 17.7 Å². The van der Waals surface area contributed by atoms with Gasteiger partial charge in [0.1, 0.15) is 17.9 Å². The summed E-state index contributed by atoms with van der Waals surface area (Å²) in [5, 5.41) is 2.35. The zero-order chi connectivity index (χ0) is 20.8. The van der Waals surface area contributed by atoms with Gasteiger partial charge < -0.3 is 9.64 Å². The zero-order valence-corrected chi connectivity index (χ0v) is 17.4. The van der Waals surface area contributed by atoms with Crippen molar-refractivity contribution in [1.29, 1.82) is 0 Å². The third-order valence-corrected chi connectivity index (χ3v) is 7.12.